The predicted molar refractivity (Wildman–Crippen MR) is 128 cm³/mol. The number of aromatic nitrogens is 1. The summed E-state index contributed by atoms with van der Waals surface area (Å²) in [7, 11) is 2.02. The Kier molecular flexibility index (Phi) is 9.65. The zero-order valence-corrected chi connectivity index (χ0v) is 21.4. The maximum absolute atomic E-state index is 4.55. The summed E-state index contributed by atoms with van der Waals surface area (Å²) in [5.74, 6) is 0. The number of hydrogen-bond acceptors (Lipinski definition) is 5. The summed E-state index contributed by atoms with van der Waals surface area (Å²) >= 11 is 1.68. The number of nitrogens with zero attached hydrogens (tertiary/aromatic N) is 5. The molecule has 0 bridgehead atoms. The third-order valence-corrected chi connectivity index (χ3v) is 6.39. The van der Waals surface area contributed by atoms with Crippen LogP contribution in [0.5, 0.6) is 0 Å². The van der Waals surface area contributed by atoms with Gasteiger partial charge in [-0.2, -0.15) is 0 Å². The van der Waals surface area contributed by atoms with Crippen LogP contribution in [-0.4, -0.2) is 19.6 Å². The SMILES string of the molecule is CCN(Cc1ccccc1)c1ccc(N=Nc2sc(N(CC)CC)c[n+]2C)c(C)c1.[Br-]. The molecule has 166 valence electrons. The van der Waals surface area contributed by atoms with Crippen LogP contribution in [0.15, 0.2) is 65.0 Å². The molecule has 1 aromatic heterocycles. The molecule has 0 N–H and O–H groups in total. The van der Waals surface area contributed by atoms with Crippen molar-refractivity contribution in [2.24, 2.45) is 17.3 Å². The fraction of sp³-hybridized carbons (Fsp3) is 0.375. The molecule has 7 heteroatoms. The first-order valence-electron chi connectivity index (χ1n) is 10.6. The Morgan fingerprint density at radius 1 is 0.903 bits per heavy atom. The van der Waals surface area contributed by atoms with Crippen LogP contribution < -0.4 is 31.3 Å². The van der Waals surface area contributed by atoms with Crippen LogP contribution in [0.3, 0.4) is 0 Å². The molecule has 1 heterocycles. The van der Waals surface area contributed by atoms with Gasteiger partial charge in [0.05, 0.1) is 12.2 Å². The highest BCUT2D eigenvalue weighted by Gasteiger charge is 2.17. The minimum Gasteiger partial charge on any atom is -1.00 e. The van der Waals surface area contributed by atoms with Gasteiger partial charge in [0.15, 0.2) is 0 Å². The molecule has 0 aliphatic heterocycles. The quantitative estimate of drug-likeness (QED) is 0.333. The first-order valence-corrected chi connectivity index (χ1v) is 11.4. The Morgan fingerprint density at radius 2 is 1.58 bits per heavy atom. The van der Waals surface area contributed by atoms with Crippen LogP contribution in [0, 0.1) is 6.92 Å². The van der Waals surface area contributed by atoms with Crippen LogP contribution >= 0.6 is 11.3 Å². The molecule has 2 aromatic carbocycles. The average Bonchev–Trinajstić information content (AvgIpc) is 3.13. The van der Waals surface area contributed by atoms with Crippen LogP contribution in [0.4, 0.5) is 21.5 Å². The molecule has 3 rings (SSSR count). The lowest BCUT2D eigenvalue weighted by atomic mass is 10.1. The summed E-state index contributed by atoms with van der Waals surface area (Å²) in [6.07, 6.45) is 2.13. The monoisotopic (exact) mass is 501 g/mol. The van der Waals surface area contributed by atoms with Crippen LogP contribution in [0.1, 0.15) is 31.9 Å². The van der Waals surface area contributed by atoms with E-state index in [0.29, 0.717) is 0 Å². The zero-order valence-electron chi connectivity index (χ0n) is 19.0. The standard InChI is InChI=1S/C24H32N5S.BrH/c1-6-28(7-2)23-18-27(5)24(30-23)26-25-22-15-14-21(16-19(22)4)29(8-3)17-20-12-10-9-11-13-20;/h9-16,18H,6-8,17H2,1-5H3;1H/q+1;/p-1. The van der Waals surface area contributed by atoms with E-state index in [2.05, 4.69) is 102 Å². The maximum atomic E-state index is 4.55. The van der Waals surface area contributed by atoms with E-state index < -0.39 is 0 Å². The van der Waals surface area contributed by atoms with E-state index >= 15 is 0 Å². The Balaban J connectivity index is 0.00000341. The largest absolute Gasteiger partial charge is 1.00 e. The molecule has 0 aliphatic carbocycles. The van der Waals surface area contributed by atoms with E-state index in [0.717, 1.165) is 42.6 Å². The van der Waals surface area contributed by atoms with Gasteiger partial charge in [0.25, 0.3) is 0 Å². The fourth-order valence-electron chi connectivity index (χ4n) is 3.42. The fourth-order valence-corrected chi connectivity index (χ4v) is 4.48. The number of halogens is 1. The number of thiazole rings is 1. The van der Waals surface area contributed by atoms with Crippen molar-refractivity contribution in [2.45, 2.75) is 34.2 Å². The highest BCUT2D eigenvalue weighted by molar-refractivity contribution is 7.18. The van der Waals surface area contributed by atoms with E-state index in [1.54, 1.807) is 11.3 Å². The highest BCUT2D eigenvalue weighted by Crippen LogP contribution is 2.30. The Bertz CT molecular complexity index is 983. The smallest absolute Gasteiger partial charge is 0.410 e. The van der Waals surface area contributed by atoms with Crippen LogP contribution in [0.2, 0.25) is 0 Å². The molecule has 0 aliphatic rings. The van der Waals surface area contributed by atoms with E-state index in [9.17, 15) is 0 Å². The van der Waals surface area contributed by atoms with E-state index in [-0.39, 0.29) is 17.0 Å². The molecule has 0 unspecified atom stereocenters. The third kappa shape index (κ3) is 6.37. The van der Waals surface area contributed by atoms with Crippen molar-refractivity contribution < 1.29 is 21.5 Å². The minimum absolute atomic E-state index is 0. The predicted octanol–water partition coefficient (Wildman–Crippen LogP) is 3.17. The molecule has 0 amide bonds. The van der Waals surface area contributed by atoms with Crippen molar-refractivity contribution in [1.29, 1.82) is 0 Å². The van der Waals surface area contributed by atoms with Gasteiger partial charge in [0, 0.05) is 31.9 Å². The van der Waals surface area contributed by atoms with Crippen molar-refractivity contribution in [3.63, 3.8) is 0 Å². The van der Waals surface area contributed by atoms with Crippen molar-refractivity contribution >= 4 is 32.8 Å². The molecule has 5 nitrogen and oxygen atoms in total. The van der Waals surface area contributed by atoms with Crippen molar-refractivity contribution in [1.82, 2.24) is 0 Å². The Morgan fingerprint density at radius 3 is 2.19 bits per heavy atom. The van der Waals surface area contributed by atoms with E-state index in [1.807, 2.05) is 11.6 Å². The van der Waals surface area contributed by atoms with E-state index in [1.165, 1.54) is 16.3 Å². The normalized spacial score (nSPS) is 10.9. The first-order chi connectivity index (χ1) is 14.5. The van der Waals surface area contributed by atoms with Gasteiger partial charge < -0.3 is 26.8 Å². The summed E-state index contributed by atoms with van der Waals surface area (Å²) in [6.45, 7) is 12.5. The second-order valence-electron chi connectivity index (χ2n) is 7.31. The van der Waals surface area contributed by atoms with Gasteiger partial charge in [-0.05, 0) is 73.5 Å². The second-order valence-corrected chi connectivity index (χ2v) is 8.29. The summed E-state index contributed by atoms with van der Waals surface area (Å²) in [5.41, 5.74) is 4.57. The molecule has 0 fully saturated rings. The van der Waals surface area contributed by atoms with Gasteiger partial charge in [0.1, 0.15) is 16.9 Å². The molecule has 0 spiro atoms. The Hall–Kier alpha value is -2.25. The second kappa shape index (κ2) is 12.0. The van der Waals surface area contributed by atoms with Crippen LogP contribution in [-0.2, 0) is 13.6 Å². The van der Waals surface area contributed by atoms with Crippen molar-refractivity contribution in [3.05, 3.63) is 65.9 Å². The lowest BCUT2D eigenvalue weighted by Crippen LogP contribution is -3.00. The maximum Gasteiger partial charge on any atom is 0.410 e. The van der Waals surface area contributed by atoms with Gasteiger partial charge >= 0.3 is 5.13 Å². The third-order valence-electron chi connectivity index (χ3n) is 5.26. The van der Waals surface area contributed by atoms with Crippen molar-refractivity contribution in [3.8, 4) is 0 Å². The topological polar surface area (TPSA) is 35.1 Å². The van der Waals surface area contributed by atoms with Gasteiger partial charge in [0.2, 0.25) is 0 Å². The molecule has 3 aromatic rings. The number of rotatable bonds is 9. The summed E-state index contributed by atoms with van der Waals surface area (Å²) in [4.78, 5) is 4.70. The highest BCUT2D eigenvalue weighted by atomic mass is 79.9. The molecular formula is C24H32BrN5S. The molecular weight excluding hydrogens is 470 g/mol. The molecule has 0 radical (unpaired) electrons. The lowest BCUT2D eigenvalue weighted by Gasteiger charge is -2.23. The first kappa shape index (κ1) is 25.0. The molecule has 0 saturated heterocycles. The number of aryl methyl sites for hydroxylation is 2. The Labute approximate surface area is 200 Å². The number of azo groups is 1. The summed E-state index contributed by atoms with van der Waals surface area (Å²) in [5, 5.41) is 11.2. The average molecular weight is 503 g/mol. The number of hydrogen-bond donors (Lipinski definition) is 0. The molecule has 0 atom stereocenters. The van der Waals surface area contributed by atoms with Crippen molar-refractivity contribution in [2.75, 3.05) is 29.4 Å². The summed E-state index contributed by atoms with van der Waals surface area (Å²) < 4.78 is 2.05. The minimum atomic E-state index is 0. The number of benzene rings is 2. The molecule has 0 saturated carbocycles. The van der Waals surface area contributed by atoms with Crippen LogP contribution in [0.25, 0.3) is 0 Å². The van der Waals surface area contributed by atoms with Gasteiger partial charge in [-0.25, -0.2) is 4.57 Å². The van der Waals surface area contributed by atoms with E-state index in [4.69, 9.17) is 0 Å². The lowest BCUT2D eigenvalue weighted by molar-refractivity contribution is -0.653. The molecule has 31 heavy (non-hydrogen) atoms. The van der Waals surface area contributed by atoms with Gasteiger partial charge in [-0.15, -0.1) is 0 Å². The summed E-state index contributed by atoms with van der Waals surface area (Å²) in [6, 6.07) is 17.0. The number of anilines is 2. The zero-order chi connectivity index (χ0) is 21.5. The van der Waals surface area contributed by atoms with Gasteiger partial charge in [-0.1, -0.05) is 30.3 Å². The van der Waals surface area contributed by atoms with Gasteiger partial charge in [-0.3, -0.25) is 0 Å².